The largest absolute Gasteiger partial charge is 0.244 e. The van der Waals surface area contributed by atoms with Crippen LogP contribution in [-0.2, 0) is 10.0 Å². The van der Waals surface area contributed by atoms with Crippen LogP contribution < -0.4 is 0 Å². The molecule has 1 aliphatic heterocycles. The summed E-state index contributed by atoms with van der Waals surface area (Å²) in [5.74, 6) is 0. The van der Waals surface area contributed by atoms with Gasteiger partial charge in [0.05, 0.1) is 10.6 Å². The zero-order chi connectivity index (χ0) is 13.9. The van der Waals surface area contributed by atoms with Gasteiger partial charge in [0.1, 0.15) is 0 Å². The molecule has 1 fully saturated rings. The normalized spacial score (nSPS) is 19.9. The average Bonchev–Trinajstić information content (AvgIpc) is 2.88. The summed E-state index contributed by atoms with van der Waals surface area (Å²) in [4.78, 5) is 2.71. The molecule has 1 saturated heterocycles. The highest BCUT2D eigenvalue weighted by molar-refractivity contribution is 7.89. The van der Waals surface area contributed by atoms with Gasteiger partial charge >= 0.3 is 0 Å². The Labute approximate surface area is 112 Å². The molecule has 1 aliphatic rings. The molecular formula is C12H14N4O2S. The lowest BCUT2D eigenvalue weighted by Gasteiger charge is -2.22. The van der Waals surface area contributed by atoms with Crippen molar-refractivity contribution < 1.29 is 8.42 Å². The molecule has 2 rings (SSSR count). The Balaban J connectivity index is 2.51. The fraction of sp³-hybridized carbons (Fsp3) is 0.333. The fourth-order valence-corrected chi connectivity index (χ4v) is 4.03. The van der Waals surface area contributed by atoms with E-state index in [0.717, 1.165) is 12.8 Å². The highest BCUT2D eigenvalue weighted by Gasteiger charge is 2.34. The standard InChI is InChI=1S/C12H14N4O2S/c1-2-10-6-5-9-16(10)19(17,18)12-8-4-3-7-11(12)14-15-13/h2-4,7-8,10H,1,5-6,9H2/t10-/m1/s1. The maximum atomic E-state index is 12.6. The van der Waals surface area contributed by atoms with Crippen molar-refractivity contribution in [2.75, 3.05) is 6.54 Å². The van der Waals surface area contributed by atoms with Crippen LogP contribution in [0.1, 0.15) is 12.8 Å². The Bertz CT molecular complexity index is 635. The minimum atomic E-state index is -3.66. The second kappa shape index (κ2) is 5.44. The molecule has 1 heterocycles. The maximum Gasteiger partial charge on any atom is 0.244 e. The average molecular weight is 278 g/mol. The molecule has 0 unspecified atom stereocenters. The minimum Gasteiger partial charge on any atom is -0.207 e. The van der Waals surface area contributed by atoms with E-state index in [1.54, 1.807) is 18.2 Å². The van der Waals surface area contributed by atoms with Crippen molar-refractivity contribution in [1.29, 1.82) is 0 Å². The molecule has 0 spiro atoms. The van der Waals surface area contributed by atoms with Gasteiger partial charge in [0.15, 0.2) is 0 Å². The smallest absolute Gasteiger partial charge is 0.207 e. The maximum absolute atomic E-state index is 12.6. The first kappa shape index (κ1) is 13.6. The van der Waals surface area contributed by atoms with E-state index in [4.69, 9.17) is 5.53 Å². The molecule has 100 valence electrons. The Morgan fingerprint density at radius 3 is 2.89 bits per heavy atom. The number of sulfonamides is 1. The first-order valence-electron chi connectivity index (χ1n) is 5.90. The zero-order valence-corrected chi connectivity index (χ0v) is 11.1. The van der Waals surface area contributed by atoms with Crippen LogP contribution in [0.2, 0.25) is 0 Å². The first-order valence-corrected chi connectivity index (χ1v) is 7.34. The molecule has 6 nitrogen and oxygen atoms in total. The third-order valence-corrected chi connectivity index (χ3v) is 5.10. The van der Waals surface area contributed by atoms with E-state index >= 15 is 0 Å². The lowest BCUT2D eigenvalue weighted by Crippen LogP contribution is -2.34. The quantitative estimate of drug-likeness (QED) is 0.367. The Kier molecular flexibility index (Phi) is 3.90. The van der Waals surface area contributed by atoms with Gasteiger partial charge in [-0.25, -0.2) is 8.42 Å². The zero-order valence-electron chi connectivity index (χ0n) is 10.3. The molecular weight excluding hydrogens is 264 g/mol. The van der Waals surface area contributed by atoms with Crippen LogP contribution in [0.5, 0.6) is 0 Å². The molecule has 0 N–H and O–H groups in total. The predicted molar refractivity (Wildman–Crippen MR) is 72.4 cm³/mol. The van der Waals surface area contributed by atoms with E-state index in [0.29, 0.717) is 6.54 Å². The van der Waals surface area contributed by atoms with E-state index in [1.165, 1.54) is 16.4 Å². The summed E-state index contributed by atoms with van der Waals surface area (Å²) in [6.07, 6.45) is 3.22. The molecule has 0 aromatic heterocycles. The van der Waals surface area contributed by atoms with E-state index in [2.05, 4.69) is 16.6 Å². The monoisotopic (exact) mass is 278 g/mol. The van der Waals surface area contributed by atoms with E-state index in [9.17, 15) is 8.42 Å². The van der Waals surface area contributed by atoms with Gasteiger partial charge in [0, 0.05) is 17.5 Å². The number of nitrogens with zero attached hydrogens (tertiary/aromatic N) is 4. The van der Waals surface area contributed by atoms with Gasteiger partial charge in [-0.05, 0) is 24.4 Å². The summed E-state index contributed by atoms with van der Waals surface area (Å²) in [6.45, 7) is 4.13. The van der Waals surface area contributed by atoms with Gasteiger partial charge in [-0.15, -0.1) is 6.58 Å². The lowest BCUT2D eigenvalue weighted by atomic mass is 10.2. The van der Waals surface area contributed by atoms with Gasteiger partial charge in [-0.2, -0.15) is 4.31 Å². The predicted octanol–water partition coefficient (Wildman–Crippen LogP) is 2.97. The third-order valence-electron chi connectivity index (χ3n) is 3.12. The molecule has 0 bridgehead atoms. The van der Waals surface area contributed by atoms with Crippen molar-refractivity contribution in [3.05, 3.63) is 47.4 Å². The van der Waals surface area contributed by atoms with Gasteiger partial charge in [-0.1, -0.05) is 29.4 Å². The summed E-state index contributed by atoms with van der Waals surface area (Å²) in [5, 5.41) is 3.44. The minimum absolute atomic E-state index is 0.0431. The van der Waals surface area contributed by atoms with Crippen molar-refractivity contribution >= 4 is 15.7 Å². The molecule has 0 saturated carbocycles. The molecule has 0 amide bonds. The highest BCUT2D eigenvalue weighted by atomic mass is 32.2. The summed E-state index contributed by atoms with van der Waals surface area (Å²) in [7, 11) is -3.66. The Morgan fingerprint density at radius 1 is 1.47 bits per heavy atom. The van der Waals surface area contributed by atoms with Crippen LogP contribution in [0.3, 0.4) is 0 Å². The third kappa shape index (κ3) is 2.49. The fourth-order valence-electron chi connectivity index (χ4n) is 2.23. The second-order valence-electron chi connectivity index (χ2n) is 4.22. The van der Waals surface area contributed by atoms with Gasteiger partial charge < -0.3 is 0 Å². The van der Waals surface area contributed by atoms with Crippen LogP contribution in [0, 0.1) is 0 Å². The van der Waals surface area contributed by atoms with E-state index < -0.39 is 10.0 Å². The molecule has 1 aromatic carbocycles. The summed E-state index contributed by atoms with van der Waals surface area (Å²) in [5.41, 5.74) is 8.63. The Hall–Kier alpha value is -1.82. The first-order chi connectivity index (χ1) is 9.11. The van der Waals surface area contributed by atoms with Crippen LogP contribution in [0.25, 0.3) is 10.4 Å². The van der Waals surface area contributed by atoms with Crippen LogP contribution in [0.4, 0.5) is 5.69 Å². The number of hydrogen-bond acceptors (Lipinski definition) is 3. The van der Waals surface area contributed by atoms with Gasteiger partial charge in [0.25, 0.3) is 0 Å². The van der Waals surface area contributed by atoms with Crippen molar-refractivity contribution in [1.82, 2.24) is 4.31 Å². The number of azide groups is 1. The molecule has 19 heavy (non-hydrogen) atoms. The number of benzene rings is 1. The molecule has 0 aliphatic carbocycles. The lowest BCUT2D eigenvalue weighted by molar-refractivity contribution is 0.433. The van der Waals surface area contributed by atoms with Crippen molar-refractivity contribution in [2.24, 2.45) is 5.11 Å². The van der Waals surface area contributed by atoms with Gasteiger partial charge in [0.2, 0.25) is 10.0 Å². The van der Waals surface area contributed by atoms with Crippen LogP contribution in [0.15, 0.2) is 46.9 Å². The molecule has 1 aromatic rings. The summed E-state index contributed by atoms with van der Waals surface area (Å²) >= 11 is 0. The van der Waals surface area contributed by atoms with Crippen molar-refractivity contribution in [3.63, 3.8) is 0 Å². The topological polar surface area (TPSA) is 86.1 Å². The SMILES string of the molecule is C=C[C@@H]1CCCN1S(=O)(=O)c1ccccc1N=[N+]=[N-]. The van der Waals surface area contributed by atoms with E-state index in [-0.39, 0.29) is 16.6 Å². The van der Waals surface area contributed by atoms with Crippen molar-refractivity contribution in [2.45, 2.75) is 23.8 Å². The highest BCUT2D eigenvalue weighted by Crippen LogP contribution is 2.31. The molecule has 1 atom stereocenters. The Morgan fingerprint density at radius 2 is 2.21 bits per heavy atom. The van der Waals surface area contributed by atoms with Gasteiger partial charge in [-0.3, -0.25) is 0 Å². The van der Waals surface area contributed by atoms with Crippen molar-refractivity contribution in [3.8, 4) is 0 Å². The number of rotatable bonds is 4. The van der Waals surface area contributed by atoms with Crippen LogP contribution in [-0.4, -0.2) is 25.3 Å². The second-order valence-corrected chi connectivity index (χ2v) is 6.08. The number of hydrogen-bond donors (Lipinski definition) is 0. The summed E-state index contributed by atoms with van der Waals surface area (Å²) in [6, 6.07) is 6.01. The van der Waals surface area contributed by atoms with E-state index in [1.807, 2.05) is 0 Å². The van der Waals surface area contributed by atoms with Crippen LogP contribution >= 0.6 is 0 Å². The molecule has 7 heteroatoms. The summed E-state index contributed by atoms with van der Waals surface area (Å²) < 4.78 is 26.6. The molecule has 0 radical (unpaired) electrons.